The van der Waals surface area contributed by atoms with E-state index < -0.39 is 8.32 Å². The van der Waals surface area contributed by atoms with E-state index in [1.54, 1.807) is 6.92 Å². The third-order valence-corrected chi connectivity index (χ3v) is 7.54. The molecule has 13 heavy (non-hydrogen) atoms. The first-order valence-electron chi connectivity index (χ1n) is 4.94. The molecule has 3 heteroatoms. The van der Waals surface area contributed by atoms with Crippen molar-refractivity contribution in [3.05, 3.63) is 0 Å². The van der Waals surface area contributed by atoms with Crippen molar-refractivity contribution < 1.29 is 9.53 Å². The zero-order valence-electron chi connectivity index (χ0n) is 10.0. The molecule has 2 nitrogen and oxygen atoms in total. The monoisotopic (exact) mass is 204 g/mol. The molecule has 0 aliphatic heterocycles. The molecule has 2 atom stereocenters. The van der Waals surface area contributed by atoms with Crippen LogP contribution in [0.1, 0.15) is 34.6 Å². The zero-order chi connectivity index (χ0) is 10.9. The average Bonchev–Trinajstić information content (AvgIpc) is 1.83. The zero-order valence-corrected chi connectivity index (χ0v) is 11.0. The van der Waals surface area contributed by atoms with Crippen molar-refractivity contribution in [1.82, 2.24) is 0 Å². The molecule has 1 N–H and O–H groups in total. The molecule has 0 rings (SSSR count). The van der Waals surface area contributed by atoms with Gasteiger partial charge in [-0.3, -0.25) is 0 Å². The molecule has 0 aromatic rings. The molecule has 0 radical (unpaired) electrons. The van der Waals surface area contributed by atoms with E-state index in [9.17, 15) is 5.11 Å². The Bertz CT molecular complexity index is 159. The molecule has 0 fully saturated rings. The summed E-state index contributed by atoms with van der Waals surface area (Å²) in [5, 5.41) is 9.57. The lowest BCUT2D eigenvalue weighted by atomic mass is 10.2. The number of hydrogen-bond acceptors (Lipinski definition) is 2. The van der Waals surface area contributed by atoms with Gasteiger partial charge >= 0.3 is 0 Å². The number of aliphatic hydroxyl groups is 1. The summed E-state index contributed by atoms with van der Waals surface area (Å²) < 4.78 is 5.95. The van der Waals surface area contributed by atoms with Crippen LogP contribution in [0.2, 0.25) is 18.1 Å². The lowest BCUT2D eigenvalue weighted by Gasteiger charge is -2.39. The fraction of sp³-hybridized carbons (Fsp3) is 1.00. The van der Waals surface area contributed by atoms with Crippen LogP contribution < -0.4 is 0 Å². The van der Waals surface area contributed by atoms with Crippen molar-refractivity contribution in [1.29, 1.82) is 0 Å². The van der Waals surface area contributed by atoms with Gasteiger partial charge in [0.15, 0.2) is 8.32 Å². The largest absolute Gasteiger partial charge is 0.412 e. The summed E-state index contributed by atoms with van der Waals surface area (Å²) in [4.78, 5) is 0. The maximum Gasteiger partial charge on any atom is 0.192 e. The molecule has 0 saturated heterocycles. The van der Waals surface area contributed by atoms with Gasteiger partial charge in [-0.2, -0.15) is 0 Å². The highest BCUT2D eigenvalue weighted by Gasteiger charge is 2.38. The predicted molar refractivity (Wildman–Crippen MR) is 59.4 cm³/mol. The molecular weight excluding hydrogens is 180 g/mol. The Balaban J connectivity index is 4.34. The van der Waals surface area contributed by atoms with Crippen LogP contribution in [0.5, 0.6) is 0 Å². The molecule has 0 heterocycles. The van der Waals surface area contributed by atoms with Crippen molar-refractivity contribution in [2.45, 2.75) is 65.0 Å². The van der Waals surface area contributed by atoms with E-state index in [1.165, 1.54) is 0 Å². The molecule has 2 unspecified atom stereocenters. The van der Waals surface area contributed by atoms with Crippen LogP contribution >= 0.6 is 0 Å². The van der Waals surface area contributed by atoms with E-state index in [0.29, 0.717) is 0 Å². The summed E-state index contributed by atoms with van der Waals surface area (Å²) in [6, 6.07) is 0. The van der Waals surface area contributed by atoms with Crippen LogP contribution in [-0.4, -0.2) is 25.6 Å². The normalized spacial score (nSPS) is 18.5. The van der Waals surface area contributed by atoms with Gasteiger partial charge in [0.05, 0.1) is 12.2 Å². The van der Waals surface area contributed by atoms with Crippen LogP contribution in [0, 0.1) is 0 Å². The van der Waals surface area contributed by atoms with E-state index >= 15 is 0 Å². The summed E-state index contributed by atoms with van der Waals surface area (Å²) in [5.41, 5.74) is 0. The Kier molecular flexibility index (Phi) is 4.15. The third kappa shape index (κ3) is 3.79. The number of hydrogen-bond donors (Lipinski definition) is 1. The van der Waals surface area contributed by atoms with Crippen LogP contribution in [0.15, 0.2) is 0 Å². The standard InChI is InChI=1S/C10H24O2Si/c1-8(11)9(2)12-13(6,7)10(3,4)5/h8-9,11H,1-7H3. The average molecular weight is 204 g/mol. The summed E-state index contributed by atoms with van der Waals surface area (Å²) >= 11 is 0. The highest BCUT2D eigenvalue weighted by Crippen LogP contribution is 2.37. The van der Waals surface area contributed by atoms with E-state index in [1.807, 2.05) is 6.92 Å². The molecule has 0 aromatic heterocycles. The van der Waals surface area contributed by atoms with E-state index in [4.69, 9.17) is 4.43 Å². The van der Waals surface area contributed by atoms with Crippen molar-refractivity contribution in [3.63, 3.8) is 0 Å². The molecule has 0 aromatic carbocycles. The summed E-state index contributed by atoms with van der Waals surface area (Å²) in [7, 11) is -1.69. The SMILES string of the molecule is CC(O)C(C)O[Si](C)(C)C(C)(C)C. The van der Waals surface area contributed by atoms with Gasteiger partial charge in [-0.25, -0.2) is 0 Å². The molecule has 0 saturated carbocycles. The Morgan fingerprint density at radius 2 is 1.54 bits per heavy atom. The fourth-order valence-corrected chi connectivity index (χ4v) is 2.22. The molecular formula is C10H24O2Si. The maximum absolute atomic E-state index is 9.35. The predicted octanol–water partition coefficient (Wildman–Crippen LogP) is 2.78. The van der Waals surface area contributed by atoms with Crippen LogP contribution in [0.3, 0.4) is 0 Å². The quantitative estimate of drug-likeness (QED) is 0.716. The lowest BCUT2D eigenvalue weighted by molar-refractivity contribution is 0.0512. The van der Waals surface area contributed by atoms with Crippen molar-refractivity contribution in [3.8, 4) is 0 Å². The van der Waals surface area contributed by atoms with Crippen molar-refractivity contribution >= 4 is 8.32 Å². The van der Waals surface area contributed by atoms with Gasteiger partial charge in [0.2, 0.25) is 0 Å². The second-order valence-corrected chi connectivity index (χ2v) is 10.1. The smallest absolute Gasteiger partial charge is 0.192 e. The summed E-state index contributed by atoms with van der Waals surface area (Å²) in [6.45, 7) is 14.7. The number of rotatable bonds is 3. The second kappa shape index (κ2) is 4.11. The van der Waals surface area contributed by atoms with Crippen LogP contribution in [0.4, 0.5) is 0 Å². The Morgan fingerprint density at radius 3 is 1.77 bits per heavy atom. The topological polar surface area (TPSA) is 29.5 Å². The van der Waals surface area contributed by atoms with Gasteiger partial charge in [0.25, 0.3) is 0 Å². The van der Waals surface area contributed by atoms with Crippen molar-refractivity contribution in [2.24, 2.45) is 0 Å². The van der Waals surface area contributed by atoms with Gasteiger partial charge in [-0.05, 0) is 32.0 Å². The van der Waals surface area contributed by atoms with Gasteiger partial charge < -0.3 is 9.53 Å². The summed E-state index contributed by atoms with van der Waals surface area (Å²) in [6.07, 6.45) is -0.435. The Labute approximate surface area is 83.4 Å². The molecule has 0 bridgehead atoms. The molecule has 0 spiro atoms. The molecule has 0 amide bonds. The molecule has 80 valence electrons. The van der Waals surface area contributed by atoms with E-state index in [0.717, 1.165) is 0 Å². The lowest BCUT2D eigenvalue weighted by Crippen LogP contribution is -2.45. The van der Waals surface area contributed by atoms with Crippen LogP contribution in [-0.2, 0) is 4.43 Å². The van der Waals surface area contributed by atoms with Gasteiger partial charge in [0.1, 0.15) is 0 Å². The van der Waals surface area contributed by atoms with E-state index in [2.05, 4.69) is 33.9 Å². The summed E-state index contributed by atoms with van der Waals surface area (Å²) in [5.74, 6) is 0. The van der Waals surface area contributed by atoms with Gasteiger partial charge in [-0.15, -0.1) is 0 Å². The Hall–Kier alpha value is 0.137. The van der Waals surface area contributed by atoms with Gasteiger partial charge in [0, 0.05) is 0 Å². The third-order valence-electron chi connectivity index (χ3n) is 2.97. The van der Waals surface area contributed by atoms with Gasteiger partial charge in [-0.1, -0.05) is 20.8 Å². The highest BCUT2D eigenvalue weighted by atomic mass is 28.4. The first-order valence-corrected chi connectivity index (χ1v) is 7.84. The number of aliphatic hydroxyl groups excluding tert-OH is 1. The first kappa shape index (κ1) is 13.1. The molecule has 0 aliphatic carbocycles. The second-order valence-electron chi connectivity index (χ2n) is 5.32. The maximum atomic E-state index is 9.35. The minimum Gasteiger partial charge on any atom is -0.412 e. The minimum absolute atomic E-state index is 0.0547. The first-order chi connectivity index (χ1) is 5.58. The van der Waals surface area contributed by atoms with Crippen molar-refractivity contribution in [2.75, 3.05) is 0 Å². The van der Waals surface area contributed by atoms with E-state index in [-0.39, 0.29) is 17.2 Å². The van der Waals surface area contributed by atoms with Crippen LogP contribution in [0.25, 0.3) is 0 Å². The fourth-order valence-electron chi connectivity index (χ4n) is 0.740. The molecule has 0 aliphatic rings. The Morgan fingerprint density at radius 1 is 1.15 bits per heavy atom. The highest BCUT2D eigenvalue weighted by molar-refractivity contribution is 6.74. The minimum atomic E-state index is -1.69.